The molecule has 31 heavy (non-hydrogen) atoms. The van der Waals surface area contributed by atoms with E-state index in [0.717, 1.165) is 17.8 Å². The van der Waals surface area contributed by atoms with Gasteiger partial charge in [-0.05, 0) is 0 Å². The number of carbonyl (C=O) groups is 1. The monoisotopic (exact) mass is 525 g/mol. The van der Waals surface area contributed by atoms with Crippen molar-refractivity contribution in [2.24, 2.45) is 0 Å². The molecule has 0 saturated heterocycles. The molecule has 2 aliphatic heterocycles. The number of benzene rings is 3. The second kappa shape index (κ2) is 8.28. The minimum absolute atomic E-state index is 0.0981. The Hall–Kier alpha value is -2.38. The van der Waals surface area contributed by atoms with Gasteiger partial charge in [0, 0.05) is 0 Å². The maximum atomic E-state index is 12.8. The summed E-state index contributed by atoms with van der Waals surface area (Å²) in [7, 11) is 4.20. The first-order valence-corrected chi connectivity index (χ1v) is 15.1. The molecule has 160 valence electrons. The fourth-order valence-electron chi connectivity index (χ4n) is 4.93. The molecule has 1 amide bonds. The van der Waals surface area contributed by atoms with Gasteiger partial charge >= 0.3 is 192 Å². The van der Waals surface area contributed by atoms with Crippen LogP contribution in [0, 0.1) is 0 Å². The molecule has 3 aromatic carbocycles. The predicted molar refractivity (Wildman–Crippen MR) is 136 cm³/mol. The van der Waals surface area contributed by atoms with E-state index in [9.17, 15) is 4.79 Å². The van der Waals surface area contributed by atoms with Crippen molar-refractivity contribution in [3.05, 3.63) is 101 Å². The zero-order valence-corrected chi connectivity index (χ0v) is 20.3. The molecule has 2 N–H and O–H groups in total. The number of halogens is 1. The van der Waals surface area contributed by atoms with Gasteiger partial charge in [-0.25, -0.2) is 0 Å². The van der Waals surface area contributed by atoms with Crippen molar-refractivity contribution in [2.75, 3.05) is 24.3 Å². The molecule has 0 aromatic heterocycles. The fourth-order valence-corrected chi connectivity index (χ4v) is 9.92. The standard InChI is InChI=1S/C26H28IN3O/c1-27-24-22(18-8-5-4-6-9-18)25(19-14-12-17(13-15-19)16-30(2)3)28-21-11-7-10-20(23(21)24)26(31)29-27/h4-15,22,24-25,28H,16H2,1-3H3,(H,29,31). The van der Waals surface area contributed by atoms with Crippen LogP contribution in [0.25, 0.3) is 0 Å². The molecule has 2 aliphatic rings. The zero-order chi connectivity index (χ0) is 21.5. The third-order valence-corrected chi connectivity index (χ3v) is 11.0. The van der Waals surface area contributed by atoms with Gasteiger partial charge in [0.25, 0.3) is 0 Å². The van der Waals surface area contributed by atoms with E-state index in [4.69, 9.17) is 0 Å². The average molecular weight is 525 g/mol. The maximum absolute atomic E-state index is 12.8. The Bertz CT molecular complexity index is 1100. The number of alkyl halides is 2. The van der Waals surface area contributed by atoms with Crippen LogP contribution in [-0.2, 0) is 6.54 Å². The summed E-state index contributed by atoms with van der Waals surface area (Å²) in [5, 5.41) is 3.84. The van der Waals surface area contributed by atoms with Crippen LogP contribution >= 0.6 is 20.1 Å². The van der Waals surface area contributed by atoms with Crippen LogP contribution in [0.5, 0.6) is 0 Å². The first-order valence-electron chi connectivity index (χ1n) is 10.6. The summed E-state index contributed by atoms with van der Waals surface area (Å²) in [5.74, 6) is 0.381. The van der Waals surface area contributed by atoms with Gasteiger partial charge in [-0.2, -0.15) is 0 Å². The van der Waals surface area contributed by atoms with Crippen molar-refractivity contribution in [3.8, 4) is 0 Å². The van der Waals surface area contributed by atoms with Crippen LogP contribution in [0.2, 0.25) is 0 Å². The van der Waals surface area contributed by atoms with Crippen molar-refractivity contribution in [3.63, 3.8) is 0 Å². The Morgan fingerprint density at radius 3 is 2.35 bits per heavy atom. The molecule has 5 heteroatoms. The second-order valence-electron chi connectivity index (χ2n) is 8.65. The van der Waals surface area contributed by atoms with Crippen LogP contribution in [-0.4, -0.2) is 29.8 Å². The molecule has 3 unspecified atom stereocenters. The molecule has 0 saturated carbocycles. The van der Waals surface area contributed by atoms with Gasteiger partial charge in [0.2, 0.25) is 0 Å². The van der Waals surface area contributed by atoms with Crippen LogP contribution in [0.4, 0.5) is 5.69 Å². The molecule has 4 nitrogen and oxygen atoms in total. The summed E-state index contributed by atoms with van der Waals surface area (Å²) in [6, 6.07) is 26.1. The Morgan fingerprint density at radius 1 is 0.903 bits per heavy atom. The average Bonchev–Trinajstić information content (AvgIpc) is 2.77. The topological polar surface area (TPSA) is 44.4 Å². The number of carbonyl (C=O) groups excluding carboxylic acids is 1. The summed E-state index contributed by atoms with van der Waals surface area (Å²) >= 11 is -1.75. The van der Waals surface area contributed by atoms with Gasteiger partial charge in [-0.15, -0.1) is 0 Å². The Labute approximate surface area is 191 Å². The number of rotatable bonds is 4. The molecule has 0 spiro atoms. The predicted octanol–water partition coefficient (Wildman–Crippen LogP) is 5.53. The minimum atomic E-state index is -1.75. The Balaban J connectivity index is 1.64. The van der Waals surface area contributed by atoms with E-state index in [2.05, 4.69) is 93.4 Å². The summed E-state index contributed by atoms with van der Waals surface area (Å²) in [5.41, 5.74) is 7.14. The molecule has 0 bridgehead atoms. The Kier molecular flexibility index (Phi) is 5.48. The van der Waals surface area contributed by atoms with E-state index < -0.39 is 20.1 Å². The summed E-state index contributed by atoms with van der Waals surface area (Å²) < 4.78 is 3.75. The number of hydrogen-bond acceptors (Lipinski definition) is 3. The van der Waals surface area contributed by atoms with E-state index in [1.54, 1.807) is 0 Å². The normalized spacial score (nSPS) is 23.2. The van der Waals surface area contributed by atoms with Crippen LogP contribution in [0.1, 0.15) is 48.5 Å². The third-order valence-electron chi connectivity index (χ3n) is 6.22. The number of nitrogens with zero attached hydrogens (tertiary/aromatic N) is 1. The van der Waals surface area contributed by atoms with Crippen LogP contribution in [0.15, 0.2) is 72.8 Å². The van der Waals surface area contributed by atoms with Crippen LogP contribution in [0.3, 0.4) is 0 Å². The number of amides is 1. The molecular weight excluding hydrogens is 497 g/mol. The second-order valence-corrected chi connectivity index (χ2v) is 13.5. The molecule has 3 aromatic rings. The first-order chi connectivity index (χ1) is 15.0. The number of nitrogens with one attached hydrogen (secondary N) is 2. The van der Waals surface area contributed by atoms with E-state index in [0.29, 0.717) is 3.92 Å². The van der Waals surface area contributed by atoms with E-state index >= 15 is 0 Å². The number of anilines is 1. The molecular formula is C26H28IN3O. The SMILES string of the molecule is CN(C)Cc1ccc(C2Nc3cccc4c3C(C2c2ccccc2)I(C)NC4=O)cc1. The van der Waals surface area contributed by atoms with Crippen molar-refractivity contribution in [1.29, 1.82) is 0 Å². The Morgan fingerprint density at radius 2 is 1.65 bits per heavy atom. The fraction of sp³-hybridized carbons (Fsp3) is 0.269. The van der Waals surface area contributed by atoms with Crippen molar-refractivity contribution in [1.82, 2.24) is 8.43 Å². The summed E-state index contributed by atoms with van der Waals surface area (Å²) in [4.78, 5) is 17.2. The first kappa shape index (κ1) is 20.5. The molecule has 0 fully saturated rings. The zero-order valence-electron chi connectivity index (χ0n) is 18.1. The van der Waals surface area contributed by atoms with E-state index in [1.165, 1.54) is 22.3 Å². The van der Waals surface area contributed by atoms with Crippen molar-refractivity contribution >= 4 is 31.7 Å². The van der Waals surface area contributed by atoms with Gasteiger partial charge in [0.05, 0.1) is 0 Å². The van der Waals surface area contributed by atoms with Gasteiger partial charge in [-0.3, -0.25) is 0 Å². The van der Waals surface area contributed by atoms with Crippen LogP contribution < -0.4 is 8.85 Å². The summed E-state index contributed by atoms with van der Waals surface area (Å²) in [6.45, 7) is 0.937. The molecule has 2 heterocycles. The van der Waals surface area contributed by atoms with Gasteiger partial charge in [-0.1, -0.05) is 0 Å². The molecule has 5 rings (SSSR count). The van der Waals surface area contributed by atoms with Crippen molar-refractivity contribution < 1.29 is 4.79 Å². The van der Waals surface area contributed by atoms with Crippen molar-refractivity contribution in [2.45, 2.75) is 22.4 Å². The third kappa shape index (κ3) is 3.74. The number of hydrogen-bond donors (Lipinski definition) is 2. The molecule has 3 atom stereocenters. The summed E-state index contributed by atoms with van der Waals surface area (Å²) in [6.07, 6.45) is 0. The van der Waals surface area contributed by atoms with E-state index in [1.807, 2.05) is 12.1 Å². The quantitative estimate of drug-likeness (QED) is 0.267. The van der Waals surface area contributed by atoms with Gasteiger partial charge in [0.1, 0.15) is 0 Å². The molecule has 0 radical (unpaired) electrons. The molecule has 0 aliphatic carbocycles. The van der Waals surface area contributed by atoms with E-state index in [-0.39, 0.29) is 17.9 Å². The van der Waals surface area contributed by atoms with Gasteiger partial charge in [0.15, 0.2) is 0 Å². The van der Waals surface area contributed by atoms with Gasteiger partial charge < -0.3 is 0 Å².